The summed E-state index contributed by atoms with van der Waals surface area (Å²) in [6, 6.07) is 10.0. The maximum atomic E-state index is 12.0. The normalized spacial score (nSPS) is 35.7. The number of cyclic esters (lactones) is 1. The molecule has 0 amide bonds. The van der Waals surface area contributed by atoms with Gasteiger partial charge in [0.05, 0.1) is 5.92 Å². The zero-order chi connectivity index (χ0) is 14.2. The van der Waals surface area contributed by atoms with Gasteiger partial charge in [-0.25, -0.2) is 4.79 Å². The summed E-state index contributed by atoms with van der Waals surface area (Å²) in [5.74, 6) is 0.200. The van der Waals surface area contributed by atoms with Crippen molar-refractivity contribution < 1.29 is 14.6 Å². The third-order valence-electron chi connectivity index (χ3n) is 4.00. The number of hydrogen-bond donors (Lipinski definition) is 1. The van der Waals surface area contributed by atoms with E-state index in [2.05, 4.69) is 6.08 Å². The van der Waals surface area contributed by atoms with Gasteiger partial charge < -0.3 is 9.84 Å². The largest absolute Gasteiger partial charge is 0.459 e. The van der Waals surface area contributed by atoms with Crippen molar-refractivity contribution in [1.29, 1.82) is 0 Å². The molecule has 20 heavy (non-hydrogen) atoms. The molecule has 1 aliphatic heterocycles. The predicted molar refractivity (Wildman–Crippen MR) is 78.4 cm³/mol. The SMILES string of the molecule is C[C@H]1C=C[C@H]2[C@H](CSc3ccccc3)OC(=O)[C@@]2(O)C1. The zero-order valence-electron chi connectivity index (χ0n) is 11.4. The average Bonchev–Trinajstić information content (AvgIpc) is 2.68. The Labute approximate surface area is 123 Å². The van der Waals surface area contributed by atoms with Crippen LogP contribution in [0, 0.1) is 11.8 Å². The van der Waals surface area contributed by atoms with E-state index in [0.717, 1.165) is 4.90 Å². The molecule has 0 unspecified atom stereocenters. The Kier molecular flexibility index (Phi) is 3.61. The topological polar surface area (TPSA) is 46.5 Å². The minimum Gasteiger partial charge on any atom is -0.459 e. The van der Waals surface area contributed by atoms with Gasteiger partial charge in [0.2, 0.25) is 0 Å². The molecule has 0 spiro atoms. The fraction of sp³-hybridized carbons (Fsp3) is 0.438. The van der Waals surface area contributed by atoms with Crippen molar-refractivity contribution in [2.75, 3.05) is 5.75 Å². The summed E-state index contributed by atoms with van der Waals surface area (Å²) in [6.07, 6.45) is 4.23. The van der Waals surface area contributed by atoms with Crippen molar-refractivity contribution in [3.63, 3.8) is 0 Å². The van der Waals surface area contributed by atoms with E-state index in [1.54, 1.807) is 11.8 Å². The second-order valence-corrected chi connectivity index (χ2v) is 6.68. The van der Waals surface area contributed by atoms with Crippen LogP contribution in [-0.4, -0.2) is 28.5 Å². The number of carbonyl (C=O) groups is 1. The second kappa shape index (κ2) is 5.26. The molecule has 1 aliphatic carbocycles. The lowest BCUT2D eigenvalue weighted by molar-refractivity contribution is -0.156. The number of allylic oxidation sites excluding steroid dienone is 1. The summed E-state index contributed by atoms with van der Waals surface area (Å²) < 4.78 is 5.42. The van der Waals surface area contributed by atoms with Crippen LogP contribution in [0.3, 0.4) is 0 Å². The molecule has 0 saturated carbocycles. The Morgan fingerprint density at radius 1 is 1.35 bits per heavy atom. The van der Waals surface area contributed by atoms with Gasteiger partial charge in [0.15, 0.2) is 5.60 Å². The molecule has 2 aliphatic rings. The summed E-state index contributed by atoms with van der Waals surface area (Å²) in [6.45, 7) is 2.00. The van der Waals surface area contributed by atoms with Gasteiger partial charge in [0.1, 0.15) is 6.10 Å². The highest BCUT2D eigenvalue weighted by Gasteiger charge is 2.56. The van der Waals surface area contributed by atoms with Crippen molar-refractivity contribution in [2.45, 2.75) is 29.9 Å². The number of hydrogen-bond acceptors (Lipinski definition) is 4. The third-order valence-corrected chi connectivity index (χ3v) is 5.10. The monoisotopic (exact) mass is 290 g/mol. The van der Waals surface area contributed by atoms with Crippen molar-refractivity contribution in [1.82, 2.24) is 0 Å². The summed E-state index contributed by atoms with van der Waals surface area (Å²) in [4.78, 5) is 13.1. The first-order valence-electron chi connectivity index (χ1n) is 6.89. The lowest BCUT2D eigenvalue weighted by Crippen LogP contribution is -2.44. The quantitative estimate of drug-likeness (QED) is 0.528. The number of fused-ring (bicyclic) bond motifs is 1. The Balaban J connectivity index is 1.72. The minimum atomic E-state index is -1.32. The molecule has 4 atom stereocenters. The molecule has 3 rings (SSSR count). The zero-order valence-corrected chi connectivity index (χ0v) is 12.2. The average molecular weight is 290 g/mol. The van der Waals surface area contributed by atoms with Crippen LogP contribution in [0.15, 0.2) is 47.4 Å². The van der Waals surface area contributed by atoms with Crippen molar-refractivity contribution in [3.05, 3.63) is 42.5 Å². The van der Waals surface area contributed by atoms with E-state index in [9.17, 15) is 9.90 Å². The van der Waals surface area contributed by atoms with Gasteiger partial charge in [-0.2, -0.15) is 0 Å². The van der Waals surface area contributed by atoms with Gasteiger partial charge in [-0.3, -0.25) is 0 Å². The first kappa shape index (κ1) is 13.7. The van der Waals surface area contributed by atoms with Crippen molar-refractivity contribution in [3.8, 4) is 0 Å². The minimum absolute atomic E-state index is 0.212. The molecule has 3 nitrogen and oxygen atoms in total. The standard InChI is InChI=1S/C16H18O3S/c1-11-7-8-13-14(19-15(17)16(13,18)9-11)10-20-12-5-3-2-4-6-12/h2-8,11,13-14,18H,9-10H2,1H3/t11-,13-,14-,16+/m0/s1. The fourth-order valence-corrected chi connectivity index (χ4v) is 3.94. The van der Waals surface area contributed by atoms with E-state index in [0.29, 0.717) is 12.2 Å². The maximum absolute atomic E-state index is 12.0. The molecule has 1 saturated heterocycles. The molecule has 0 radical (unpaired) electrons. The summed E-state index contributed by atoms with van der Waals surface area (Å²) in [5, 5.41) is 10.6. The molecule has 1 fully saturated rings. The number of rotatable bonds is 3. The molecule has 0 aromatic heterocycles. The van der Waals surface area contributed by atoms with E-state index in [1.165, 1.54) is 0 Å². The van der Waals surface area contributed by atoms with Crippen molar-refractivity contribution in [2.24, 2.45) is 11.8 Å². The first-order valence-corrected chi connectivity index (χ1v) is 7.88. The Morgan fingerprint density at radius 3 is 2.85 bits per heavy atom. The van der Waals surface area contributed by atoms with E-state index >= 15 is 0 Å². The van der Waals surface area contributed by atoms with Gasteiger partial charge in [-0.05, 0) is 24.5 Å². The number of esters is 1. The number of aliphatic hydroxyl groups is 1. The highest BCUT2D eigenvalue weighted by Crippen LogP contribution is 2.42. The first-order chi connectivity index (χ1) is 9.59. The molecular weight excluding hydrogens is 272 g/mol. The molecule has 1 aromatic rings. The molecule has 1 N–H and O–H groups in total. The molecule has 4 heteroatoms. The number of ether oxygens (including phenoxy) is 1. The molecule has 1 heterocycles. The fourth-order valence-electron chi connectivity index (χ4n) is 2.96. The van der Waals surface area contributed by atoms with E-state index < -0.39 is 11.6 Å². The van der Waals surface area contributed by atoms with E-state index in [-0.39, 0.29) is 17.9 Å². The van der Waals surface area contributed by atoms with Crippen molar-refractivity contribution >= 4 is 17.7 Å². The molecular formula is C16H18O3S. The van der Waals surface area contributed by atoms with Crippen LogP contribution in [0.25, 0.3) is 0 Å². The van der Waals surface area contributed by atoms with Crippen LogP contribution < -0.4 is 0 Å². The lowest BCUT2D eigenvalue weighted by atomic mass is 9.75. The van der Waals surface area contributed by atoms with E-state index in [1.807, 2.05) is 43.3 Å². The Hall–Kier alpha value is -1.26. The van der Waals surface area contributed by atoms with Crippen LogP contribution in [-0.2, 0) is 9.53 Å². The lowest BCUT2D eigenvalue weighted by Gasteiger charge is -2.31. The second-order valence-electron chi connectivity index (χ2n) is 5.58. The summed E-state index contributed by atoms with van der Waals surface area (Å²) >= 11 is 1.65. The molecule has 1 aromatic carbocycles. The van der Waals surface area contributed by atoms with Gasteiger partial charge in [0, 0.05) is 10.6 Å². The Bertz CT molecular complexity index is 528. The van der Waals surface area contributed by atoms with Crippen LogP contribution in [0.2, 0.25) is 0 Å². The summed E-state index contributed by atoms with van der Waals surface area (Å²) in [5.41, 5.74) is -1.32. The highest BCUT2D eigenvalue weighted by atomic mass is 32.2. The smallest absolute Gasteiger partial charge is 0.339 e. The maximum Gasteiger partial charge on any atom is 0.339 e. The third kappa shape index (κ3) is 2.38. The summed E-state index contributed by atoms with van der Waals surface area (Å²) in [7, 11) is 0. The van der Waals surface area contributed by atoms with Gasteiger partial charge in [0.25, 0.3) is 0 Å². The number of thioether (sulfide) groups is 1. The van der Waals surface area contributed by atoms with E-state index in [4.69, 9.17) is 4.74 Å². The van der Waals surface area contributed by atoms with Crippen LogP contribution in [0.5, 0.6) is 0 Å². The van der Waals surface area contributed by atoms with Crippen LogP contribution in [0.1, 0.15) is 13.3 Å². The van der Waals surface area contributed by atoms with Crippen LogP contribution in [0.4, 0.5) is 0 Å². The molecule has 106 valence electrons. The molecule has 0 bridgehead atoms. The van der Waals surface area contributed by atoms with Gasteiger partial charge in [-0.15, -0.1) is 11.8 Å². The number of benzene rings is 1. The predicted octanol–water partition coefficient (Wildman–Crippen LogP) is 2.65. The van der Waals surface area contributed by atoms with Gasteiger partial charge >= 0.3 is 5.97 Å². The van der Waals surface area contributed by atoms with Gasteiger partial charge in [-0.1, -0.05) is 37.3 Å². The van der Waals surface area contributed by atoms with Crippen LogP contribution >= 0.6 is 11.8 Å². The highest BCUT2D eigenvalue weighted by molar-refractivity contribution is 7.99. The Morgan fingerprint density at radius 2 is 2.10 bits per heavy atom. The number of carbonyl (C=O) groups excluding carboxylic acids is 1.